The summed E-state index contributed by atoms with van der Waals surface area (Å²) in [5.74, 6) is -0.246. The molecule has 170 valence electrons. The highest BCUT2D eigenvalue weighted by molar-refractivity contribution is 5.77. The molecule has 1 aliphatic rings. The molecule has 0 radical (unpaired) electrons. The zero-order valence-electron chi connectivity index (χ0n) is 19.1. The van der Waals surface area contributed by atoms with Crippen LogP contribution in [0.4, 0.5) is 17.1 Å². The van der Waals surface area contributed by atoms with Crippen LogP contribution in [0.1, 0.15) is 63.5 Å². The number of aliphatic carboxylic acids is 1. The molecule has 2 aromatic carbocycles. The molecule has 0 aliphatic heterocycles. The van der Waals surface area contributed by atoms with Crippen LogP contribution >= 0.6 is 0 Å². The molecule has 6 heteroatoms. The summed E-state index contributed by atoms with van der Waals surface area (Å²) in [4.78, 5) is 13.6. The van der Waals surface area contributed by atoms with Crippen LogP contribution in [0.15, 0.2) is 42.5 Å². The maximum absolute atomic E-state index is 11.4. The standard InChI is InChI=1S/C26H33N3O3/c1-4-20(14-25(30)31)21-9-12-24(29(16-19-5-6-19)17-26(2,3)32)23(13-21)28-22-10-7-18(15-27)8-11-22/h7-13,19-20,28,32H,4-6,14,16-17H2,1-3H3,(H,30,31). The third kappa shape index (κ3) is 6.73. The van der Waals surface area contributed by atoms with Crippen LogP contribution in [0, 0.1) is 17.2 Å². The van der Waals surface area contributed by atoms with E-state index < -0.39 is 11.6 Å². The van der Waals surface area contributed by atoms with E-state index in [0.717, 1.165) is 35.6 Å². The topological polar surface area (TPSA) is 96.6 Å². The number of rotatable bonds is 11. The minimum atomic E-state index is -0.853. The third-order valence-electron chi connectivity index (χ3n) is 5.79. The number of nitrogens with zero attached hydrogens (tertiary/aromatic N) is 2. The number of carboxylic acids is 1. The van der Waals surface area contributed by atoms with Gasteiger partial charge in [0.1, 0.15) is 0 Å². The molecular weight excluding hydrogens is 402 g/mol. The third-order valence-corrected chi connectivity index (χ3v) is 5.79. The predicted octanol–water partition coefficient (Wildman–Crippen LogP) is 5.26. The molecule has 1 unspecified atom stereocenters. The van der Waals surface area contributed by atoms with Gasteiger partial charge in [0, 0.05) is 18.8 Å². The number of hydrogen-bond donors (Lipinski definition) is 3. The Morgan fingerprint density at radius 2 is 1.94 bits per heavy atom. The van der Waals surface area contributed by atoms with Gasteiger partial charge in [-0.25, -0.2) is 0 Å². The zero-order chi connectivity index (χ0) is 23.3. The Kier molecular flexibility index (Phi) is 7.42. The Morgan fingerprint density at radius 3 is 2.47 bits per heavy atom. The van der Waals surface area contributed by atoms with Gasteiger partial charge in [-0.1, -0.05) is 13.0 Å². The Hall–Kier alpha value is -3.04. The van der Waals surface area contributed by atoms with Crippen LogP contribution in [0.3, 0.4) is 0 Å². The van der Waals surface area contributed by atoms with Gasteiger partial charge in [-0.15, -0.1) is 0 Å². The number of nitrogens with one attached hydrogen (secondary N) is 1. The van der Waals surface area contributed by atoms with Gasteiger partial charge in [0.25, 0.3) is 0 Å². The number of nitriles is 1. The van der Waals surface area contributed by atoms with E-state index in [1.807, 2.05) is 51.1 Å². The number of carboxylic acid groups (broad SMARTS) is 1. The molecule has 0 aromatic heterocycles. The summed E-state index contributed by atoms with van der Waals surface area (Å²) in [5, 5.41) is 32.4. The first-order valence-electron chi connectivity index (χ1n) is 11.3. The average molecular weight is 436 g/mol. The predicted molar refractivity (Wildman–Crippen MR) is 127 cm³/mol. The van der Waals surface area contributed by atoms with Crippen molar-refractivity contribution in [1.82, 2.24) is 0 Å². The lowest BCUT2D eigenvalue weighted by atomic mass is 9.92. The van der Waals surface area contributed by atoms with Crippen molar-refractivity contribution in [1.29, 1.82) is 5.26 Å². The van der Waals surface area contributed by atoms with Crippen molar-refractivity contribution in [3.8, 4) is 6.07 Å². The lowest BCUT2D eigenvalue weighted by Gasteiger charge is -2.33. The van der Waals surface area contributed by atoms with E-state index in [-0.39, 0.29) is 12.3 Å². The van der Waals surface area contributed by atoms with Gasteiger partial charge < -0.3 is 20.4 Å². The van der Waals surface area contributed by atoms with Gasteiger partial charge in [0.2, 0.25) is 0 Å². The van der Waals surface area contributed by atoms with E-state index in [0.29, 0.717) is 18.0 Å². The molecule has 0 amide bonds. The molecule has 1 aliphatic carbocycles. The van der Waals surface area contributed by atoms with Crippen LogP contribution < -0.4 is 10.2 Å². The molecule has 3 N–H and O–H groups in total. The van der Waals surface area contributed by atoms with E-state index >= 15 is 0 Å². The summed E-state index contributed by atoms with van der Waals surface area (Å²) in [6.45, 7) is 7.00. The van der Waals surface area contributed by atoms with Crippen molar-refractivity contribution in [3.05, 3.63) is 53.6 Å². The SMILES string of the molecule is CCC(CC(=O)O)c1ccc(N(CC2CC2)CC(C)(C)O)c(Nc2ccc(C#N)cc2)c1. The van der Waals surface area contributed by atoms with Crippen molar-refractivity contribution in [2.45, 2.75) is 58.0 Å². The monoisotopic (exact) mass is 435 g/mol. The molecule has 1 saturated carbocycles. The zero-order valence-corrected chi connectivity index (χ0v) is 19.1. The lowest BCUT2D eigenvalue weighted by Crippen LogP contribution is -2.40. The summed E-state index contributed by atoms with van der Waals surface area (Å²) in [5.41, 5.74) is 3.43. The van der Waals surface area contributed by atoms with Gasteiger partial charge >= 0.3 is 5.97 Å². The average Bonchev–Trinajstić information content (AvgIpc) is 3.55. The van der Waals surface area contributed by atoms with Gasteiger partial charge in [0.05, 0.1) is 35.0 Å². The summed E-state index contributed by atoms with van der Waals surface area (Å²) in [6.07, 6.45) is 3.23. The highest BCUT2D eigenvalue weighted by Gasteiger charge is 2.29. The lowest BCUT2D eigenvalue weighted by molar-refractivity contribution is -0.137. The fraction of sp³-hybridized carbons (Fsp3) is 0.462. The highest BCUT2D eigenvalue weighted by atomic mass is 16.4. The fourth-order valence-electron chi connectivity index (χ4n) is 4.00. The molecule has 2 aromatic rings. The molecule has 1 atom stereocenters. The minimum Gasteiger partial charge on any atom is -0.481 e. The van der Waals surface area contributed by atoms with E-state index in [1.165, 1.54) is 12.8 Å². The molecule has 0 spiro atoms. The Balaban J connectivity index is 2.00. The second-order valence-electron chi connectivity index (χ2n) is 9.43. The summed E-state index contributed by atoms with van der Waals surface area (Å²) < 4.78 is 0. The normalized spacial score (nSPS) is 14.5. The molecule has 0 saturated heterocycles. The van der Waals surface area contributed by atoms with Crippen LogP contribution in [0.2, 0.25) is 0 Å². The molecule has 1 fully saturated rings. The van der Waals surface area contributed by atoms with Crippen LogP contribution in [0.5, 0.6) is 0 Å². The van der Waals surface area contributed by atoms with Crippen molar-refractivity contribution in [3.63, 3.8) is 0 Å². The summed E-state index contributed by atoms with van der Waals surface area (Å²) in [6, 6.07) is 15.5. The molecule has 0 bridgehead atoms. The maximum atomic E-state index is 11.4. The maximum Gasteiger partial charge on any atom is 0.303 e. The van der Waals surface area contributed by atoms with Crippen molar-refractivity contribution in [2.24, 2.45) is 5.92 Å². The summed E-state index contributed by atoms with van der Waals surface area (Å²) >= 11 is 0. The van der Waals surface area contributed by atoms with Crippen LogP contribution in [0.25, 0.3) is 0 Å². The largest absolute Gasteiger partial charge is 0.481 e. The number of carbonyl (C=O) groups is 1. The van der Waals surface area contributed by atoms with E-state index in [4.69, 9.17) is 5.26 Å². The second kappa shape index (κ2) is 10.1. The molecular formula is C26H33N3O3. The Morgan fingerprint density at radius 1 is 1.25 bits per heavy atom. The van der Waals surface area contributed by atoms with Gasteiger partial charge in [-0.2, -0.15) is 5.26 Å². The van der Waals surface area contributed by atoms with E-state index in [9.17, 15) is 15.0 Å². The van der Waals surface area contributed by atoms with Crippen molar-refractivity contribution in [2.75, 3.05) is 23.3 Å². The van der Waals surface area contributed by atoms with Crippen molar-refractivity contribution < 1.29 is 15.0 Å². The first kappa shape index (κ1) is 23.6. The molecule has 32 heavy (non-hydrogen) atoms. The van der Waals surface area contributed by atoms with Gasteiger partial charge in [-0.05, 0) is 86.9 Å². The van der Waals surface area contributed by atoms with Crippen molar-refractivity contribution >= 4 is 23.0 Å². The molecule has 6 nitrogen and oxygen atoms in total. The fourth-order valence-corrected chi connectivity index (χ4v) is 4.00. The molecule has 3 rings (SSSR count). The number of hydrogen-bond acceptors (Lipinski definition) is 5. The summed E-state index contributed by atoms with van der Waals surface area (Å²) in [7, 11) is 0. The Bertz CT molecular complexity index is 969. The smallest absolute Gasteiger partial charge is 0.303 e. The Labute approximate surface area is 190 Å². The second-order valence-corrected chi connectivity index (χ2v) is 9.43. The van der Waals surface area contributed by atoms with Gasteiger partial charge in [0.15, 0.2) is 0 Å². The first-order chi connectivity index (χ1) is 15.2. The van der Waals surface area contributed by atoms with E-state index in [1.54, 1.807) is 12.1 Å². The van der Waals surface area contributed by atoms with Gasteiger partial charge in [-0.3, -0.25) is 4.79 Å². The van der Waals surface area contributed by atoms with E-state index in [2.05, 4.69) is 16.3 Å². The number of benzene rings is 2. The minimum absolute atomic E-state index is 0.0748. The number of aliphatic hydroxyl groups is 1. The number of anilines is 3. The van der Waals surface area contributed by atoms with Crippen LogP contribution in [-0.4, -0.2) is 34.9 Å². The highest BCUT2D eigenvalue weighted by Crippen LogP contribution is 2.38. The quantitative estimate of drug-likeness (QED) is 0.446. The van der Waals surface area contributed by atoms with Crippen LogP contribution in [-0.2, 0) is 4.79 Å². The first-order valence-corrected chi connectivity index (χ1v) is 11.3. The molecule has 0 heterocycles.